The lowest BCUT2D eigenvalue weighted by atomic mass is 9.47. The summed E-state index contributed by atoms with van der Waals surface area (Å²) in [4.78, 5) is 0. The molecule has 2 nitrogen and oxygen atoms in total. The van der Waals surface area contributed by atoms with E-state index in [-0.39, 0.29) is 11.7 Å². The van der Waals surface area contributed by atoms with E-state index in [0.717, 1.165) is 42.4 Å². The van der Waals surface area contributed by atoms with E-state index in [2.05, 4.69) is 40.7 Å². The third-order valence-electron chi connectivity index (χ3n) is 10.9. The highest BCUT2D eigenvalue weighted by atomic mass is 16.6. The normalized spacial score (nSPS) is 51.4. The molecule has 9 atom stereocenters. The van der Waals surface area contributed by atoms with Gasteiger partial charge < -0.3 is 9.84 Å². The molecule has 0 amide bonds. The van der Waals surface area contributed by atoms with Gasteiger partial charge in [0.1, 0.15) is 0 Å². The maximum atomic E-state index is 10.2. The molecule has 164 valence electrons. The Labute approximate surface area is 178 Å². The van der Waals surface area contributed by atoms with Gasteiger partial charge in [0.25, 0.3) is 0 Å². The number of rotatable bonds is 4. The first-order valence-electron chi connectivity index (χ1n) is 12.7. The molecular formula is C27H44O2. The monoisotopic (exact) mass is 400 g/mol. The van der Waals surface area contributed by atoms with E-state index in [1.165, 1.54) is 51.4 Å². The van der Waals surface area contributed by atoms with Gasteiger partial charge in [-0.25, -0.2) is 0 Å². The molecule has 0 aromatic rings. The van der Waals surface area contributed by atoms with Crippen LogP contribution < -0.4 is 0 Å². The lowest BCUT2D eigenvalue weighted by molar-refractivity contribution is -0.0573. The molecule has 1 aliphatic heterocycles. The van der Waals surface area contributed by atoms with Crippen LogP contribution in [0.3, 0.4) is 0 Å². The summed E-state index contributed by atoms with van der Waals surface area (Å²) in [7, 11) is 0. The van der Waals surface area contributed by atoms with Crippen LogP contribution in [-0.2, 0) is 4.74 Å². The summed E-state index contributed by atoms with van der Waals surface area (Å²) in [5, 5.41) is 10.2. The summed E-state index contributed by atoms with van der Waals surface area (Å²) in [5.41, 5.74) is 2.68. The zero-order valence-electron chi connectivity index (χ0n) is 19.5. The first-order valence-corrected chi connectivity index (χ1v) is 12.7. The summed E-state index contributed by atoms with van der Waals surface area (Å²) < 4.78 is 5.86. The lowest BCUT2D eigenvalue weighted by Crippen LogP contribution is -2.50. The number of aliphatic hydroxyl groups is 1. The second-order valence-corrected chi connectivity index (χ2v) is 12.6. The van der Waals surface area contributed by atoms with Gasteiger partial charge in [0, 0.05) is 0 Å². The van der Waals surface area contributed by atoms with Gasteiger partial charge in [0.05, 0.1) is 17.8 Å². The fourth-order valence-corrected chi connectivity index (χ4v) is 8.97. The minimum Gasteiger partial charge on any atom is -0.393 e. The first-order chi connectivity index (χ1) is 13.6. The van der Waals surface area contributed by atoms with Gasteiger partial charge in [-0.2, -0.15) is 0 Å². The molecular weight excluding hydrogens is 356 g/mol. The van der Waals surface area contributed by atoms with Gasteiger partial charge in [0.2, 0.25) is 0 Å². The van der Waals surface area contributed by atoms with Crippen LogP contribution in [0.15, 0.2) is 11.6 Å². The van der Waals surface area contributed by atoms with Gasteiger partial charge in [-0.15, -0.1) is 0 Å². The molecule has 1 heterocycles. The SMILES string of the molecule is C[C@H](CC[C@@H]1OC1(C)C)[C@H]1CC[C@H]2[C@@H]3CC=C4C[C@@H](O)CC[C@]4(C)[C@H]3CC[C@]12C. The minimum absolute atomic E-state index is 0.0862. The number of hydrogen-bond donors (Lipinski definition) is 1. The van der Waals surface area contributed by atoms with Crippen LogP contribution in [0.4, 0.5) is 0 Å². The maximum absolute atomic E-state index is 10.2. The van der Waals surface area contributed by atoms with Crippen LogP contribution in [0.1, 0.15) is 98.8 Å². The molecule has 0 bridgehead atoms. The Morgan fingerprint density at radius 3 is 2.55 bits per heavy atom. The van der Waals surface area contributed by atoms with Crippen LogP contribution in [0.2, 0.25) is 0 Å². The third-order valence-corrected chi connectivity index (χ3v) is 10.9. The first kappa shape index (κ1) is 20.6. The average molecular weight is 401 g/mol. The highest BCUT2D eigenvalue weighted by Gasteiger charge is 2.59. The van der Waals surface area contributed by atoms with Crippen molar-refractivity contribution < 1.29 is 9.84 Å². The van der Waals surface area contributed by atoms with Crippen molar-refractivity contribution in [3.05, 3.63) is 11.6 Å². The zero-order valence-corrected chi connectivity index (χ0v) is 19.5. The van der Waals surface area contributed by atoms with E-state index < -0.39 is 0 Å². The smallest absolute Gasteiger partial charge is 0.0892 e. The molecule has 0 unspecified atom stereocenters. The second kappa shape index (κ2) is 6.83. The molecule has 5 rings (SSSR count). The predicted molar refractivity (Wildman–Crippen MR) is 119 cm³/mol. The van der Waals surface area contributed by atoms with Gasteiger partial charge >= 0.3 is 0 Å². The van der Waals surface area contributed by atoms with Crippen molar-refractivity contribution in [2.24, 2.45) is 40.4 Å². The Morgan fingerprint density at radius 2 is 1.83 bits per heavy atom. The van der Waals surface area contributed by atoms with Gasteiger partial charge in [-0.05, 0) is 118 Å². The van der Waals surface area contributed by atoms with E-state index in [1.807, 2.05) is 0 Å². The zero-order chi connectivity index (χ0) is 20.6. The van der Waals surface area contributed by atoms with E-state index >= 15 is 0 Å². The molecule has 0 radical (unpaired) electrons. The Hall–Kier alpha value is -0.340. The van der Waals surface area contributed by atoms with Crippen molar-refractivity contribution in [2.75, 3.05) is 0 Å². The molecule has 1 N–H and O–H groups in total. The van der Waals surface area contributed by atoms with E-state index in [9.17, 15) is 5.11 Å². The van der Waals surface area contributed by atoms with E-state index in [4.69, 9.17) is 4.74 Å². The molecule has 5 aliphatic rings. The van der Waals surface area contributed by atoms with Crippen LogP contribution in [0, 0.1) is 40.4 Å². The van der Waals surface area contributed by atoms with Gasteiger partial charge in [0.15, 0.2) is 0 Å². The molecule has 0 aromatic heterocycles. The predicted octanol–water partition coefficient (Wildman–Crippen LogP) is 6.52. The number of aliphatic hydroxyl groups excluding tert-OH is 1. The number of hydrogen-bond acceptors (Lipinski definition) is 2. The van der Waals surface area contributed by atoms with Gasteiger partial charge in [-0.1, -0.05) is 32.4 Å². The summed E-state index contributed by atoms with van der Waals surface area (Å²) in [5.74, 6) is 4.41. The molecule has 2 heteroatoms. The fourth-order valence-electron chi connectivity index (χ4n) is 8.97. The molecule has 4 fully saturated rings. The highest BCUT2D eigenvalue weighted by Crippen LogP contribution is 2.67. The number of ether oxygens (including phenoxy) is 1. The van der Waals surface area contributed by atoms with Crippen molar-refractivity contribution >= 4 is 0 Å². The third kappa shape index (κ3) is 3.18. The standard InChI is InChI=1S/C27H44O2/c1-17(6-11-24-25(2,3)29-24)21-9-10-22-20-8-7-18-16-19(28)12-14-26(18,4)23(20)13-15-27(21,22)5/h7,17,19-24,28H,6,8-16H2,1-5H3/t17-,19+,20+,21-,22+,23+,24+,26+,27-/m1/s1. The van der Waals surface area contributed by atoms with E-state index in [1.54, 1.807) is 5.57 Å². The maximum Gasteiger partial charge on any atom is 0.0892 e. The Morgan fingerprint density at radius 1 is 1.07 bits per heavy atom. The summed E-state index contributed by atoms with van der Waals surface area (Å²) in [6, 6.07) is 0. The van der Waals surface area contributed by atoms with E-state index in [0.29, 0.717) is 16.9 Å². The van der Waals surface area contributed by atoms with Crippen molar-refractivity contribution in [3.63, 3.8) is 0 Å². The van der Waals surface area contributed by atoms with Crippen molar-refractivity contribution in [1.29, 1.82) is 0 Å². The Bertz CT molecular complexity index is 680. The van der Waals surface area contributed by atoms with Crippen molar-refractivity contribution in [3.8, 4) is 0 Å². The Balaban J connectivity index is 1.30. The molecule has 1 saturated heterocycles. The Kier molecular flexibility index (Phi) is 4.84. The molecule has 29 heavy (non-hydrogen) atoms. The number of epoxide rings is 1. The quantitative estimate of drug-likeness (QED) is 0.430. The van der Waals surface area contributed by atoms with Crippen LogP contribution in [0.25, 0.3) is 0 Å². The molecule has 0 aromatic carbocycles. The number of allylic oxidation sites excluding steroid dienone is 1. The fraction of sp³-hybridized carbons (Fsp3) is 0.926. The van der Waals surface area contributed by atoms with Crippen molar-refractivity contribution in [2.45, 2.75) is 117 Å². The molecule has 0 spiro atoms. The molecule has 4 aliphatic carbocycles. The topological polar surface area (TPSA) is 32.8 Å². The summed E-state index contributed by atoms with van der Waals surface area (Å²) in [6.07, 6.45) is 15.8. The lowest BCUT2D eigenvalue weighted by Gasteiger charge is -2.58. The second-order valence-electron chi connectivity index (χ2n) is 12.6. The van der Waals surface area contributed by atoms with Crippen LogP contribution >= 0.6 is 0 Å². The minimum atomic E-state index is -0.0862. The van der Waals surface area contributed by atoms with Crippen molar-refractivity contribution in [1.82, 2.24) is 0 Å². The number of fused-ring (bicyclic) bond motifs is 5. The molecule has 3 saturated carbocycles. The van der Waals surface area contributed by atoms with Crippen LogP contribution in [-0.4, -0.2) is 22.9 Å². The summed E-state index contributed by atoms with van der Waals surface area (Å²) >= 11 is 0. The summed E-state index contributed by atoms with van der Waals surface area (Å²) in [6.45, 7) is 12.3. The largest absolute Gasteiger partial charge is 0.393 e. The van der Waals surface area contributed by atoms with Gasteiger partial charge in [-0.3, -0.25) is 0 Å². The average Bonchev–Trinajstić information content (AvgIpc) is 3.11. The van der Waals surface area contributed by atoms with Crippen LogP contribution in [0.5, 0.6) is 0 Å². The highest BCUT2D eigenvalue weighted by molar-refractivity contribution is 5.25.